The first-order valence-corrected chi connectivity index (χ1v) is 12.2. The fraction of sp³-hybridized carbons (Fsp3) is 0.444. The second-order valence-corrected chi connectivity index (χ2v) is 9.30. The highest BCUT2D eigenvalue weighted by Gasteiger charge is 2.31. The van der Waals surface area contributed by atoms with Crippen molar-refractivity contribution in [2.24, 2.45) is 5.92 Å². The van der Waals surface area contributed by atoms with Crippen molar-refractivity contribution in [3.63, 3.8) is 0 Å². The maximum atomic E-state index is 12.7. The molecule has 2 aliphatic rings. The highest BCUT2D eigenvalue weighted by atomic mass is 16.5. The van der Waals surface area contributed by atoms with Crippen LogP contribution < -0.4 is 10.6 Å². The van der Waals surface area contributed by atoms with E-state index in [4.69, 9.17) is 14.9 Å². The van der Waals surface area contributed by atoms with Gasteiger partial charge < -0.3 is 25.6 Å². The molecule has 4 rings (SSSR count). The molecule has 0 bridgehead atoms. The van der Waals surface area contributed by atoms with E-state index in [9.17, 15) is 14.4 Å². The molecule has 8 nitrogen and oxygen atoms in total. The number of ether oxygens (including phenoxy) is 1. The Balaban J connectivity index is 1.31. The predicted octanol–water partition coefficient (Wildman–Crippen LogP) is 3.43. The number of aliphatic carboxylic acids is 1. The summed E-state index contributed by atoms with van der Waals surface area (Å²) in [5, 5.41) is 23.4. The number of hydrogen-bond acceptors (Lipinski definition) is 5. The number of rotatable bonds is 9. The van der Waals surface area contributed by atoms with Gasteiger partial charge in [0, 0.05) is 18.4 Å². The Morgan fingerprint density at radius 2 is 1.60 bits per heavy atom. The summed E-state index contributed by atoms with van der Waals surface area (Å²) < 4.78 is 5.69. The van der Waals surface area contributed by atoms with Crippen LogP contribution in [0.15, 0.2) is 48.5 Å². The van der Waals surface area contributed by atoms with Gasteiger partial charge in [-0.1, -0.05) is 61.4 Å². The average Bonchev–Trinajstić information content (AvgIpc) is 3.19. The van der Waals surface area contributed by atoms with Crippen molar-refractivity contribution in [2.45, 2.75) is 56.5 Å². The first-order valence-electron chi connectivity index (χ1n) is 12.2. The highest BCUT2D eigenvalue weighted by molar-refractivity contribution is 5.83. The molecule has 4 N–H and O–H groups in total. The lowest BCUT2D eigenvalue weighted by molar-refractivity contribution is -0.143. The van der Waals surface area contributed by atoms with E-state index in [-0.39, 0.29) is 30.9 Å². The summed E-state index contributed by atoms with van der Waals surface area (Å²) in [7, 11) is 0. The van der Waals surface area contributed by atoms with Gasteiger partial charge in [-0.2, -0.15) is 0 Å². The molecule has 0 radical (unpaired) electrons. The van der Waals surface area contributed by atoms with Crippen molar-refractivity contribution in [1.29, 1.82) is 0 Å². The van der Waals surface area contributed by atoms with Crippen molar-refractivity contribution < 1.29 is 29.3 Å². The predicted molar refractivity (Wildman–Crippen MR) is 130 cm³/mol. The summed E-state index contributed by atoms with van der Waals surface area (Å²) in [6, 6.07) is 15.0. The van der Waals surface area contributed by atoms with Gasteiger partial charge in [0.2, 0.25) is 5.91 Å². The minimum absolute atomic E-state index is 0.00676. The van der Waals surface area contributed by atoms with Crippen LogP contribution in [0.2, 0.25) is 0 Å². The number of carbonyl (C=O) groups excluding carboxylic acids is 2. The molecule has 0 spiro atoms. The Labute approximate surface area is 204 Å². The van der Waals surface area contributed by atoms with Crippen molar-refractivity contribution in [3.8, 4) is 11.1 Å². The third kappa shape index (κ3) is 5.82. The fourth-order valence-corrected chi connectivity index (χ4v) is 5.30. The molecular formula is C27H32N2O6. The van der Waals surface area contributed by atoms with Gasteiger partial charge in [0.05, 0.1) is 6.61 Å². The summed E-state index contributed by atoms with van der Waals surface area (Å²) >= 11 is 0. The number of nitrogens with one attached hydrogen (secondary N) is 2. The van der Waals surface area contributed by atoms with E-state index in [0.717, 1.165) is 36.8 Å². The van der Waals surface area contributed by atoms with E-state index in [1.54, 1.807) is 0 Å². The van der Waals surface area contributed by atoms with Gasteiger partial charge in [-0.25, -0.2) is 9.59 Å². The number of fused-ring (bicyclic) bond motifs is 3. The first kappa shape index (κ1) is 24.7. The molecule has 2 aliphatic carbocycles. The second-order valence-electron chi connectivity index (χ2n) is 9.30. The Hall–Kier alpha value is -3.39. The van der Waals surface area contributed by atoms with Gasteiger partial charge >= 0.3 is 12.1 Å². The van der Waals surface area contributed by atoms with Crippen LogP contribution >= 0.6 is 0 Å². The summed E-state index contributed by atoms with van der Waals surface area (Å²) in [5.74, 6) is -1.59. The van der Waals surface area contributed by atoms with Crippen LogP contribution in [0, 0.1) is 5.92 Å². The first-order chi connectivity index (χ1) is 17.0. The van der Waals surface area contributed by atoms with E-state index in [0.29, 0.717) is 6.42 Å². The monoisotopic (exact) mass is 480 g/mol. The van der Waals surface area contributed by atoms with Crippen LogP contribution in [-0.4, -0.2) is 53.5 Å². The lowest BCUT2D eigenvalue weighted by Crippen LogP contribution is -2.45. The molecule has 8 heteroatoms. The number of carboxylic acids is 1. The smallest absolute Gasteiger partial charge is 0.407 e. The Morgan fingerprint density at radius 1 is 0.971 bits per heavy atom. The summed E-state index contributed by atoms with van der Waals surface area (Å²) in [5.41, 5.74) is 4.67. The van der Waals surface area contributed by atoms with Gasteiger partial charge in [0.25, 0.3) is 0 Å². The number of benzene rings is 2. The van der Waals surface area contributed by atoms with Crippen molar-refractivity contribution in [1.82, 2.24) is 10.6 Å². The normalized spacial score (nSPS) is 19.8. The second kappa shape index (κ2) is 11.4. The SMILES string of the molecule is O=C(CCC1CCCCC1NC(=O)OCC1c2ccccc2-c2ccccc21)N[C@H](CO)C(=O)O. The zero-order chi connectivity index (χ0) is 24.8. The van der Waals surface area contributed by atoms with E-state index in [1.165, 1.54) is 11.1 Å². The summed E-state index contributed by atoms with van der Waals surface area (Å²) in [6.07, 6.45) is 3.90. The third-order valence-electron chi connectivity index (χ3n) is 7.11. The minimum atomic E-state index is -1.30. The van der Waals surface area contributed by atoms with Crippen LogP contribution in [0.3, 0.4) is 0 Å². The Morgan fingerprint density at radius 3 is 2.23 bits per heavy atom. The minimum Gasteiger partial charge on any atom is -0.480 e. The molecular weight excluding hydrogens is 448 g/mol. The van der Waals surface area contributed by atoms with E-state index < -0.39 is 30.6 Å². The average molecular weight is 481 g/mol. The Bertz CT molecular complexity index is 1030. The highest BCUT2D eigenvalue weighted by Crippen LogP contribution is 2.44. The Kier molecular flexibility index (Phi) is 8.02. The van der Waals surface area contributed by atoms with E-state index in [1.807, 2.05) is 24.3 Å². The number of aliphatic hydroxyl groups is 1. The number of hydrogen-bond donors (Lipinski definition) is 4. The number of carboxylic acid groups (broad SMARTS) is 1. The van der Waals surface area contributed by atoms with E-state index >= 15 is 0 Å². The van der Waals surface area contributed by atoms with Crippen LogP contribution in [-0.2, 0) is 14.3 Å². The maximum absolute atomic E-state index is 12.7. The molecule has 2 amide bonds. The van der Waals surface area contributed by atoms with Crippen LogP contribution in [0.4, 0.5) is 4.79 Å². The fourth-order valence-electron chi connectivity index (χ4n) is 5.30. The summed E-state index contributed by atoms with van der Waals surface area (Å²) in [4.78, 5) is 35.9. The molecule has 35 heavy (non-hydrogen) atoms. The molecule has 0 heterocycles. The molecule has 0 saturated heterocycles. The van der Waals surface area contributed by atoms with Gasteiger partial charge in [0.15, 0.2) is 0 Å². The molecule has 1 saturated carbocycles. The lowest BCUT2D eigenvalue weighted by atomic mass is 9.81. The quantitative estimate of drug-likeness (QED) is 0.436. The van der Waals surface area contributed by atoms with Crippen molar-refractivity contribution in [2.75, 3.05) is 13.2 Å². The standard InChI is InChI=1S/C27H32N2O6/c30-15-24(26(32)33)28-25(31)14-13-17-7-1-6-12-23(17)29-27(34)35-16-22-20-10-4-2-8-18(20)19-9-3-5-11-21(19)22/h2-5,8-11,17,22-24,30H,1,6-7,12-16H2,(H,28,31)(H,29,34)(H,32,33)/t17?,23?,24-/m1/s1. The molecule has 186 valence electrons. The van der Waals surface area contributed by atoms with Crippen LogP contribution in [0.5, 0.6) is 0 Å². The zero-order valence-corrected chi connectivity index (χ0v) is 19.6. The number of alkyl carbamates (subject to hydrolysis) is 1. The van der Waals surface area contributed by atoms with Crippen LogP contribution in [0.1, 0.15) is 55.6 Å². The van der Waals surface area contributed by atoms with Crippen molar-refractivity contribution >= 4 is 18.0 Å². The van der Waals surface area contributed by atoms with Gasteiger partial charge in [-0.15, -0.1) is 0 Å². The maximum Gasteiger partial charge on any atom is 0.407 e. The zero-order valence-electron chi connectivity index (χ0n) is 19.6. The number of amides is 2. The largest absolute Gasteiger partial charge is 0.480 e. The topological polar surface area (TPSA) is 125 Å². The lowest BCUT2D eigenvalue weighted by Gasteiger charge is -2.32. The number of aliphatic hydroxyl groups excluding tert-OH is 1. The summed E-state index contributed by atoms with van der Waals surface area (Å²) in [6.45, 7) is -0.409. The number of carbonyl (C=O) groups is 3. The molecule has 2 aromatic carbocycles. The van der Waals surface area contributed by atoms with Gasteiger partial charge in [0.1, 0.15) is 12.6 Å². The molecule has 0 aliphatic heterocycles. The molecule has 0 aromatic heterocycles. The van der Waals surface area contributed by atoms with Crippen LogP contribution in [0.25, 0.3) is 11.1 Å². The van der Waals surface area contributed by atoms with Gasteiger partial charge in [-0.3, -0.25) is 4.79 Å². The molecule has 3 atom stereocenters. The van der Waals surface area contributed by atoms with E-state index in [2.05, 4.69) is 34.9 Å². The molecule has 2 unspecified atom stereocenters. The van der Waals surface area contributed by atoms with Crippen molar-refractivity contribution in [3.05, 3.63) is 59.7 Å². The van der Waals surface area contributed by atoms with Gasteiger partial charge in [-0.05, 0) is 47.4 Å². The molecule has 1 fully saturated rings. The molecule has 2 aromatic rings. The third-order valence-corrected chi connectivity index (χ3v) is 7.11.